The number of carboxylic acid groups (broad SMARTS) is 1. The lowest BCUT2D eigenvalue weighted by Gasteiger charge is -2.31. The molecule has 20 heavy (non-hydrogen) atoms. The van der Waals surface area contributed by atoms with Crippen LogP contribution in [0, 0.1) is 11.8 Å². The fourth-order valence-electron chi connectivity index (χ4n) is 2.47. The predicted molar refractivity (Wildman–Crippen MR) is 66.0 cm³/mol. The molecule has 1 aliphatic rings. The van der Waals surface area contributed by atoms with Gasteiger partial charge in [-0.05, 0) is 38.5 Å². The summed E-state index contributed by atoms with van der Waals surface area (Å²) in [5.41, 5.74) is 0. The lowest BCUT2D eigenvalue weighted by Crippen LogP contribution is -2.41. The Balaban J connectivity index is 2.44. The highest BCUT2D eigenvalue weighted by Gasteiger charge is 2.41. The molecule has 116 valence electrons. The highest BCUT2D eigenvalue weighted by molar-refractivity contribution is 5.83. The second-order valence-electron chi connectivity index (χ2n) is 5.48. The number of alkyl halides is 3. The van der Waals surface area contributed by atoms with Crippen molar-refractivity contribution < 1.29 is 27.9 Å². The van der Waals surface area contributed by atoms with Crippen LogP contribution in [0.4, 0.5) is 13.2 Å². The van der Waals surface area contributed by atoms with Crippen molar-refractivity contribution in [2.24, 2.45) is 11.8 Å². The van der Waals surface area contributed by atoms with Crippen LogP contribution in [0.1, 0.15) is 39.0 Å². The monoisotopic (exact) mass is 295 g/mol. The third kappa shape index (κ3) is 4.38. The molecule has 0 aromatic rings. The molecular formula is C13H20F3NO3. The Morgan fingerprint density at radius 3 is 2.15 bits per heavy atom. The van der Waals surface area contributed by atoms with Crippen molar-refractivity contribution in [2.45, 2.75) is 51.2 Å². The third-order valence-electron chi connectivity index (χ3n) is 4.10. The number of aliphatic carboxylic acids is 1. The number of hydrogen-bond acceptors (Lipinski definition) is 2. The second-order valence-corrected chi connectivity index (χ2v) is 5.48. The first-order chi connectivity index (χ1) is 9.12. The zero-order chi connectivity index (χ0) is 15.5. The van der Waals surface area contributed by atoms with Crippen molar-refractivity contribution in [3.8, 4) is 0 Å². The molecule has 0 aliphatic heterocycles. The van der Waals surface area contributed by atoms with E-state index in [9.17, 15) is 22.8 Å². The van der Waals surface area contributed by atoms with Crippen molar-refractivity contribution in [1.82, 2.24) is 4.90 Å². The lowest BCUT2D eigenvalue weighted by atomic mass is 9.80. The van der Waals surface area contributed by atoms with Gasteiger partial charge in [-0.2, -0.15) is 13.2 Å². The van der Waals surface area contributed by atoms with Crippen LogP contribution in [-0.2, 0) is 9.59 Å². The van der Waals surface area contributed by atoms with Gasteiger partial charge in [0.05, 0.1) is 5.92 Å². The lowest BCUT2D eigenvalue weighted by molar-refractivity contribution is -0.184. The summed E-state index contributed by atoms with van der Waals surface area (Å²) < 4.78 is 37.5. The molecule has 0 saturated heterocycles. The number of halogens is 3. The molecule has 0 heterocycles. The summed E-state index contributed by atoms with van der Waals surface area (Å²) in [5.74, 6) is -2.76. The highest BCUT2D eigenvalue weighted by atomic mass is 19.4. The van der Waals surface area contributed by atoms with Crippen molar-refractivity contribution in [1.29, 1.82) is 0 Å². The van der Waals surface area contributed by atoms with Crippen molar-refractivity contribution in [3.63, 3.8) is 0 Å². The van der Waals surface area contributed by atoms with Crippen LogP contribution in [0.5, 0.6) is 0 Å². The number of likely N-dealkylation sites (N-methyl/N-ethyl adjacent to an activating group) is 1. The summed E-state index contributed by atoms with van der Waals surface area (Å²) in [6.45, 7) is 1.40. The number of hydrogen-bond donors (Lipinski definition) is 1. The molecule has 1 aliphatic carbocycles. The van der Waals surface area contributed by atoms with E-state index in [4.69, 9.17) is 5.11 Å². The van der Waals surface area contributed by atoms with Gasteiger partial charge < -0.3 is 10.0 Å². The Morgan fingerprint density at radius 2 is 1.75 bits per heavy atom. The molecule has 0 radical (unpaired) electrons. The molecule has 1 atom stereocenters. The van der Waals surface area contributed by atoms with Gasteiger partial charge in [-0.3, -0.25) is 4.79 Å². The molecule has 1 amide bonds. The van der Waals surface area contributed by atoms with E-state index in [1.54, 1.807) is 0 Å². The van der Waals surface area contributed by atoms with E-state index in [1.165, 1.54) is 14.0 Å². The van der Waals surface area contributed by atoms with E-state index in [0.717, 1.165) is 4.90 Å². The predicted octanol–water partition coefficient (Wildman–Crippen LogP) is 2.68. The van der Waals surface area contributed by atoms with Crippen LogP contribution < -0.4 is 0 Å². The maximum absolute atomic E-state index is 12.5. The van der Waals surface area contributed by atoms with Gasteiger partial charge in [0.2, 0.25) is 5.91 Å². The maximum Gasteiger partial charge on any atom is 0.391 e. The molecule has 1 saturated carbocycles. The molecule has 1 rings (SSSR count). The molecule has 0 spiro atoms. The molecule has 0 aromatic carbocycles. The Morgan fingerprint density at radius 1 is 1.25 bits per heavy atom. The van der Waals surface area contributed by atoms with E-state index < -0.39 is 24.1 Å². The van der Waals surface area contributed by atoms with Gasteiger partial charge in [0.1, 0.15) is 6.04 Å². The van der Waals surface area contributed by atoms with Crippen molar-refractivity contribution in [3.05, 3.63) is 0 Å². The van der Waals surface area contributed by atoms with Gasteiger partial charge in [0, 0.05) is 13.5 Å². The number of nitrogens with zero attached hydrogens (tertiary/aromatic N) is 1. The number of rotatable bonds is 4. The first-order valence-electron chi connectivity index (χ1n) is 6.68. The number of carboxylic acids is 1. The van der Waals surface area contributed by atoms with Crippen LogP contribution in [0.25, 0.3) is 0 Å². The average Bonchev–Trinajstić information content (AvgIpc) is 2.36. The normalized spacial score (nSPS) is 25.1. The zero-order valence-electron chi connectivity index (χ0n) is 11.6. The fourth-order valence-corrected chi connectivity index (χ4v) is 2.47. The van der Waals surface area contributed by atoms with E-state index in [-0.39, 0.29) is 31.1 Å². The Kier molecular flexibility index (Phi) is 5.42. The molecule has 1 unspecified atom stereocenters. The fraction of sp³-hybridized carbons (Fsp3) is 0.846. The molecule has 4 nitrogen and oxygen atoms in total. The highest BCUT2D eigenvalue weighted by Crippen LogP contribution is 2.40. The number of carbonyl (C=O) groups excluding carboxylic acids is 1. The summed E-state index contributed by atoms with van der Waals surface area (Å²) in [6, 6.07) is -0.922. The average molecular weight is 295 g/mol. The van der Waals surface area contributed by atoms with E-state index in [2.05, 4.69) is 0 Å². The Bertz CT molecular complexity index is 362. The third-order valence-corrected chi connectivity index (χ3v) is 4.10. The summed E-state index contributed by atoms with van der Waals surface area (Å²) in [5, 5.41) is 8.81. The topological polar surface area (TPSA) is 57.6 Å². The quantitative estimate of drug-likeness (QED) is 0.867. The minimum Gasteiger partial charge on any atom is -0.480 e. The first kappa shape index (κ1) is 16.8. The Hall–Kier alpha value is -1.27. The summed E-state index contributed by atoms with van der Waals surface area (Å²) >= 11 is 0. The van der Waals surface area contributed by atoms with Gasteiger partial charge in [-0.25, -0.2) is 4.79 Å². The van der Waals surface area contributed by atoms with E-state index in [1.807, 2.05) is 0 Å². The largest absolute Gasteiger partial charge is 0.480 e. The molecule has 1 fully saturated rings. The van der Waals surface area contributed by atoms with E-state index >= 15 is 0 Å². The molecule has 0 bridgehead atoms. The van der Waals surface area contributed by atoms with Crippen LogP contribution in [0.3, 0.4) is 0 Å². The van der Waals surface area contributed by atoms with Gasteiger partial charge in [-0.15, -0.1) is 0 Å². The van der Waals surface area contributed by atoms with Gasteiger partial charge in [0.25, 0.3) is 0 Å². The maximum atomic E-state index is 12.5. The zero-order valence-corrected chi connectivity index (χ0v) is 11.6. The summed E-state index contributed by atoms with van der Waals surface area (Å²) in [7, 11) is 1.41. The molecular weight excluding hydrogens is 275 g/mol. The molecule has 1 N–H and O–H groups in total. The standard InChI is InChI=1S/C13H20F3NO3/c1-8(12(19)20)17(2)11(18)7-9-3-5-10(6-4-9)13(14,15)16/h8-10H,3-7H2,1-2H3,(H,19,20). The SMILES string of the molecule is CC(C(=O)O)N(C)C(=O)CC1CCC(C(F)(F)F)CC1. The molecule has 0 aromatic heterocycles. The van der Waals surface area contributed by atoms with Gasteiger partial charge in [-0.1, -0.05) is 0 Å². The van der Waals surface area contributed by atoms with Crippen LogP contribution in [0.15, 0.2) is 0 Å². The van der Waals surface area contributed by atoms with Gasteiger partial charge in [0.15, 0.2) is 0 Å². The number of amides is 1. The van der Waals surface area contributed by atoms with E-state index in [0.29, 0.717) is 12.8 Å². The summed E-state index contributed by atoms with van der Waals surface area (Å²) in [4.78, 5) is 23.8. The molecule has 7 heteroatoms. The van der Waals surface area contributed by atoms with Crippen LogP contribution >= 0.6 is 0 Å². The van der Waals surface area contributed by atoms with Crippen LogP contribution in [0.2, 0.25) is 0 Å². The van der Waals surface area contributed by atoms with Crippen molar-refractivity contribution >= 4 is 11.9 Å². The van der Waals surface area contributed by atoms with Gasteiger partial charge >= 0.3 is 12.1 Å². The first-order valence-corrected chi connectivity index (χ1v) is 6.68. The minimum atomic E-state index is -4.15. The van der Waals surface area contributed by atoms with Crippen LogP contribution in [-0.4, -0.2) is 41.1 Å². The Labute approximate surface area is 115 Å². The minimum absolute atomic E-state index is 0.0552. The second kappa shape index (κ2) is 6.45. The van der Waals surface area contributed by atoms with Crippen molar-refractivity contribution in [2.75, 3.05) is 7.05 Å². The number of carbonyl (C=O) groups is 2. The smallest absolute Gasteiger partial charge is 0.391 e. The summed E-state index contributed by atoms with van der Waals surface area (Å²) in [6.07, 6.45) is -3.18.